The van der Waals surface area contributed by atoms with Gasteiger partial charge in [-0.3, -0.25) is 15.2 Å². The van der Waals surface area contributed by atoms with Gasteiger partial charge >= 0.3 is 0 Å². The summed E-state index contributed by atoms with van der Waals surface area (Å²) in [6.07, 6.45) is 2.17. The average molecular weight is 99.1 g/mol. The molecule has 0 saturated carbocycles. The van der Waals surface area contributed by atoms with Gasteiger partial charge in [-0.05, 0) is 0 Å². The molecule has 0 saturated heterocycles. The van der Waals surface area contributed by atoms with Crippen LogP contribution in [0.3, 0.4) is 0 Å². The number of nitrogens with zero attached hydrogens (tertiary/aromatic N) is 2. The minimum absolute atomic E-state index is 0.434. The molecule has 0 radical (unpaired) electrons. The zero-order valence-corrected chi connectivity index (χ0v) is 3.66. The molecule has 0 bridgehead atoms. The zero-order chi connectivity index (χ0) is 5.11. The summed E-state index contributed by atoms with van der Waals surface area (Å²) < 4.78 is 0. The fraction of sp³-hybridized carbons (Fsp3) is 0.333. The largest absolute Gasteiger partial charge is 0.284 e. The molecule has 1 aliphatic rings. The van der Waals surface area contributed by atoms with Crippen LogP contribution in [0.25, 0.3) is 0 Å². The van der Waals surface area contributed by atoms with Gasteiger partial charge in [0.1, 0.15) is 13.0 Å². The molecule has 38 valence electrons. The summed E-state index contributed by atoms with van der Waals surface area (Å²) in [5.41, 5.74) is 2.58. The van der Waals surface area contributed by atoms with Crippen LogP contribution in [-0.2, 0) is 4.79 Å². The second kappa shape index (κ2) is 1.59. The first-order chi connectivity index (χ1) is 3.43. The van der Waals surface area contributed by atoms with E-state index in [0.717, 1.165) is 0 Å². The fourth-order valence-electron chi connectivity index (χ4n) is 0.348. The number of hydrazine groups is 1. The minimum atomic E-state index is 0.434. The van der Waals surface area contributed by atoms with Crippen molar-refractivity contribution < 1.29 is 4.79 Å². The first-order valence-corrected chi connectivity index (χ1v) is 1.90. The highest BCUT2D eigenvalue weighted by Crippen LogP contribution is 1.79. The van der Waals surface area contributed by atoms with Gasteiger partial charge in [-0.1, -0.05) is 0 Å². The molecule has 0 aromatic rings. The number of carbonyl (C=O) groups is 1. The van der Waals surface area contributed by atoms with Crippen molar-refractivity contribution in [2.24, 2.45) is 4.99 Å². The quantitative estimate of drug-likeness (QED) is 0.426. The van der Waals surface area contributed by atoms with Gasteiger partial charge in [0.2, 0.25) is 6.41 Å². The summed E-state index contributed by atoms with van der Waals surface area (Å²) in [6, 6.07) is 0. The van der Waals surface area contributed by atoms with Gasteiger partial charge in [0.25, 0.3) is 0 Å². The predicted octanol–water partition coefficient (Wildman–Crippen LogP) is -1.05. The first kappa shape index (κ1) is 4.11. The van der Waals surface area contributed by atoms with Gasteiger partial charge in [-0.2, -0.15) is 0 Å². The van der Waals surface area contributed by atoms with E-state index in [1.807, 2.05) is 0 Å². The first-order valence-electron chi connectivity index (χ1n) is 1.90. The lowest BCUT2D eigenvalue weighted by molar-refractivity contribution is -0.119. The Kier molecular flexibility index (Phi) is 0.934. The third kappa shape index (κ3) is 0.677. The highest BCUT2D eigenvalue weighted by Gasteiger charge is 1.98. The van der Waals surface area contributed by atoms with E-state index >= 15 is 0 Å². The van der Waals surface area contributed by atoms with E-state index in [2.05, 4.69) is 10.4 Å². The summed E-state index contributed by atoms with van der Waals surface area (Å²) in [5.74, 6) is 0. The summed E-state index contributed by atoms with van der Waals surface area (Å²) >= 11 is 0. The van der Waals surface area contributed by atoms with E-state index in [0.29, 0.717) is 13.1 Å². The number of aliphatic imine (C=N–C) groups is 1. The summed E-state index contributed by atoms with van der Waals surface area (Å²) in [6.45, 7) is 0.434. The number of amides is 1. The molecule has 1 rings (SSSR count). The lowest BCUT2D eigenvalue weighted by Crippen LogP contribution is -2.29. The Bertz CT molecular complexity index is 92.4. The molecule has 0 unspecified atom stereocenters. The maximum atomic E-state index is 9.79. The lowest BCUT2D eigenvalue weighted by Gasteiger charge is -2.03. The van der Waals surface area contributed by atoms with Gasteiger partial charge in [0.05, 0.1) is 0 Å². The van der Waals surface area contributed by atoms with Crippen molar-refractivity contribution in [1.29, 1.82) is 0 Å². The van der Waals surface area contributed by atoms with Crippen LogP contribution in [0, 0.1) is 0 Å². The number of nitrogens with one attached hydrogen (secondary N) is 1. The van der Waals surface area contributed by atoms with E-state index in [-0.39, 0.29) is 0 Å². The highest BCUT2D eigenvalue weighted by atomic mass is 16.1. The standard InChI is InChI=1S/C3H5N3O/c7-3-6-2-4-1-5-6/h1,3H,2H2,(H,4,5). The zero-order valence-electron chi connectivity index (χ0n) is 3.66. The van der Waals surface area contributed by atoms with Crippen LogP contribution in [0.15, 0.2) is 4.99 Å². The third-order valence-corrected chi connectivity index (χ3v) is 0.676. The van der Waals surface area contributed by atoms with E-state index in [9.17, 15) is 4.79 Å². The molecule has 1 N–H and O–H groups in total. The second-order valence-electron chi connectivity index (χ2n) is 1.16. The number of carbonyl (C=O) groups excluding carboxylic acids is 1. The number of hydrogen-bond donors (Lipinski definition) is 1. The smallest absolute Gasteiger partial charge is 0.229 e. The van der Waals surface area contributed by atoms with Gasteiger partial charge < -0.3 is 0 Å². The normalized spacial score (nSPS) is 16.9. The van der Waals surface area contributed by atoms with Crippen LogP contribution >= 0.6 is 0 Å². The third-order valence-electron chi connectivity index (χ3n) is 0.676. The molecule has 0 fully saturated rings. The van der Waals surface area contributed by atoms with Crippen molar-refractivity contribution in [2.75, 3.05) is 6.67 Å². The Balaban J connectivity index is 2.35. The molecular formula is C3H5N3O. The lowest BCUT2D eigenvalue weighted by atomic mass is 11.0. The summed E-state index contributed by atoms with van der Waals surface area (Å²) in [7, 11) is 0. The highest BCUT2D eigenvalue weighted by molar-refractivity contribution is 5.61. The minimum Gasteiger partial charge on any atom is -0.284 e. The topological polar surface area (TPSA) is 44.7 Å². The Morgan fingerprint density at radius 2 is 2.86 bits per heavy atom. The van der Waals surface area contributed by atoms with Crippen molar-refractivity contribution >= 4 is 12.7 Å². The molecule has 0 aromatic carbocycles. The molecule has 0 aliphatic carbocycles. The van der Waals surface area contributed by atoms with E-state index < -0.39 is 0 Å². The van der Waals surface area contributed by atoms with Gasteiger partial charge in [-0.15, -0.1) is 0 Å². The molecule has 0 aromatic heterocycles. The predicted molar refractivity (Wildman–Crippen MR) is 24.4 cm³/mol. The Morgan fingerprint density at radius 3 is 3.14 bits per heavy atom. The van der Waals surface area contributed by atoms with Crippen molar-refractivity contribution in [1.82, 2.24) is 10.4 Å². The molecule has 7 heavy (non-hydrogen) atoms. The van der Waals surface area contributed by atoms with Crippen LogP contribution in [0.2, 0.25) is 0 Å². The molecule has 4 nitrogen and oxygen atoms in total. The molecule has 0 atom stereocenters. The maximum absolute atomic E-state index is 9.79. The SMILES string of the molecule is O=CN1CN=CN1. The van der Waals surface area contributed by atoms with E-state index in [1.54, 1.807) is 0 Å². The summed E-state index contributed by atoms with van der Waals surface area (Å²) in [4.78, 5) is 13.5. The van der Waals surface area contributed by atoms with Crippen LogP contribution in [0.1, 0.15) is 0 Å². The van der Waals surface area contributed by atoms with Crippen molar-refractivity contribution in [2.45, 2.75) is 0 Å². The molecule has 1 heterocycles. The van der Waals surface area contributed by atoms with Crippen LogP contribution < -0.4 is 5.43 Å². The average Bonchev–Trinajstić information content (AvgIpc) is 2.14. The van der Waals surface area contributed by atoms with Gasteiger partial charge in [0, 0.05) is 0 Å². The van der Waals surface area contributed by atoms with Crippen LogP contribution in [0.4, 0.5) is 0 Å². The monoisotopic (exact) mass is 99.0 g/mol. The van der Waals surface area contributed by atoms with Gasteiger partial charge in [0.15, 0.2) is 0 Å². The van der Waals surface area contributed by atoms with Crippen LogP contribution in [0.5, 0.6) is 0 Å². The second-order valence-corrected chi connectivity index (χ2v) is 1.16. The Morgan fingerprint density at radius 1 is 2.00 bits per heavy atom. The molecule has 1 aliphatic heterocycles. The van der Waals surface area contributed by atoms with Crippen LogP contribution in [-0.4, -0.2) is 24.4 Å². The van der Waals surface area contributed by atoms with Crippen molar-refractivity contribution in [3.8, 4) is 0 Å². The Hall–Kier alpha value is -1.06. The van der Waals surface area contributed by atoms with Gasteiger partial charge in [-0.25, -0.2) is 5.01 Å². The van der Waals surface area contributed by atoms with Crippen molar-refractivity contribution in [3.63, 3.8) is 0 Å². The van der Waals surface area contributed by atoms with Crippen molar-refractivity contribution in [3.05, 3.63) is 0 Å². The van der Waals surface area contributed by atoms with E-state index in [4.69, 9.17) is 0 Å². The number of hydrogen-bond acceptors (Lipinski definition) is 3. The molecule has 0 spiro atoms. The Labute approximate surface area is 40.8 Å². The fourth-order valence-corrected chi connectivity index (χ4v) is 0.348. The molecule has 4 heteroatoms. The maximum Gasteiger partial charge on any atom is 0.229 e. The summed E-state index contributed by atoms with van der Waals surface area (Å²) in [5, 5.41) is 1.33. The molecule has 1 amide bonds. The van der Waals surface area contributed by atoms with E-state index in [1.165, 1.54) is 11.3 Å². The number of rotatable bonds is 1. The molecular weight excluding hydrogens is 94.1 g/mol.